The van der Waals surface area contributed by atoms with Crippen molar-refractivity contribution in [2.24, 2.45) is 11.7 Å². The smallest absolute Gasteiger partial charge is 0.242 e. The molecular formula is C11H19N3O3. The van der Waals surface area contributed by atoms with Gasteiger partial charge in [0.05, 0.1) is 19.1 Å². The van der Waals surface area contributed by atoms with Crippen molar-refractivity contribution in [3.63, 3.8) is 0 Å². The summed E-state index contributed by atoms with van der Waals surface area (Å²) >= 11 is 0. The standard InChI is InChI=1S/C11H19N3O3/c12-10(15)8-2-1-4-14(6-8)11(16)9-7-17-5-3-13-9/h8-9,13H,1-7H2,(H2,12,15). The minimum absolute atomic E-state index is 0.0238. The predicted molar refractivity (Wildman–Crippen MR) is 61.1 cm³/mol. The lowest BCUT2D eigenvalue weighted by atomic mass is 9.97. The second kappa shape index (κ2) is 5.46. The Hall–Kier alpha value is -1.14. The van der Waals surface area contributed by atoms with Crippen LogP contribution in [0.5, 0.6) is 0 Å². The lowest BCUT2D eigenvalue weighted by Gasteiger charge is -2.35. The number of morpholine rings is 1. The third kappa shape index (κ3) is 2.95. The summed E-state index contributed by atoms with van der Waals surface area (Å²) < 4.78 is 5.27. The van der Waals surface area contributed by atoms with Crippen LogP contribution in [0.3, 0.4) is 0 Å². The average Bonchev–Trinajstić information content (AvgIpc) is 2.39. The average molecular weight is 241 g/mol. The van der Waals surface area contributed by atoms with Gasteiger partial charge in [0.15, 0.2) is 0 Å². The van der Waals surface area contributed by atoms with E-state index in [1.165, 1.54) is 0 Å². The molecule has 6 heteroatoms. The lowest BCUT2D eigenvalue weighted by molar-refractivity contribution is -0.139. The molecule has 0 aromatic carbocycles. The van der Waals surface area contributed by atoms with E-state index in [4.69, 9.17) is 10.5 Å². The van der Waals surface area contributed by atoms with Gasteiger partial charge in [0.2, 0.25) is 11.8 Å². The second-order valence-electron chi connectivity index (χ2n) is 4.61. The Bertz CT molecular complexity index is 302. The van der Waals surface area contributed by atoms with Crippen LogP contribution in [-0.4, -0.2) is 55.6 Å². The maximum atomic E-state index is 12.2. The molecule has 2 aliphatic heterocycles. The van der Waals surface area contributed by atoms with Crippen LogP contribution >= 0.6 is 0 Å². The second-order valence-corrected chi connectivity index (χ2v) is 4.61. The monoisotopic (exact) mass is 241 g/mol. The molecule has 2 fully saturated rings. The molecule has 0 aromatic rings. The Balaban J connectivity index is 1.91. The summed E-state index contributed by atoms with van der Waals surface area (Å²) in [5.74, 6) is -0.483. The van der Waals surface area contributed by atoms with Gasteiger partial charge in [-0.3, -0.25) is 9.59 Å². The van der Waals surface area contributed by atoms with Crippen LogP contribution in [-0.2, 0) is 14.3 Å². The molecule has 0 bridgehead atoms. The summed E-state index contributed by atoms with van der Waals surface area (Å²) in [6.07, 6.45) is 1.63. The maximum absolute atomic E-state index is 12.2. The molecule has 0 radical (unpaired) electrons. The fourth-order valence-electron chi connectivity index (χ4n) is 2.35. The molecule has 2 heterocycles. The maximum Gasteiger partial charge on any atom is 0.242 e. The Morgan fingerprint density at radius 1 is 1.41 bits per heavy atom. The van der Waals surface area contributed by atoms with Crippen LogP contribution in [0.1, 0.15) is 12.8 Å². The van der Waals surface area contributed by atoms with Crippen LogP contribution in [0.4, 0.5) is 0 Å². The minimum atomic E-state index is -0.310. The highest BCUT2D eigenvalue weighted by molar-refractivity contribution is 5.83. The topological polar surface area (TPSA) is 84.7 Å². The number of hydrogen-bond acceptors (Lipinski definition) is 4. The highest BCUT2D eigenvalue weighted by atomic mass is 16.5. The first kappa shape index (κ1) is 12.3. The van der Waals surface area contributed by atoms with Gasteiger partial charge in [-0.05, 0) is 12.8 Å². The Morgan fingerprint density at radius 3 is 2.88 bits per heavy atom. The first-order valence-corrected chi connectivity index (χ1v) is 6.07. The minimum Gasteiger partial charge on any atom is -0.378 e. The summed E-state index contributed by atoms with van der Waals surface area (Å²) in [5.41, 5.74) is 5.29. The fourth-order valence-corrected chi connectivity index (χ4v) is 2.35. The number of piperidine rings is 1. The number of ether oxygens (including phenoxy) is 1. The number of nitrogens with zero attached hydrogens (tertiary/aromatic N) is 1. The van der Waals surface area contributed by atoms with Gasteiger partial charge in [0.25, 0.3) is 0 Å². The third-order valence-electron chi connectivity index (χ3n) is 3.36. The molecule has 2 rings (SSSR count). The molecule has 6 nitrogen and oxygen atoms in total. The molecule has 0 aromatic heterocycles. The van der Waals surface area contributed by atoms with E-state index in [0.717, 1.165) is 12.8 Å². The van der Waals surface area contributed by atoms with Crippen molar-refractivity contribution in [3.05, 3.63) is 0 Å². The van der Waals surface area contributed by atoms with Gasteiger partial charge in [-0.15, -0.1) is 0 Å². The van der Waals surface area contributed by atoms with Crippen LogP contribution in [0, 0.1) is 5.92 Å². The summed E-state index contributed by atoms with van der Waals surface area (Å²) in [7, 11) is 0. The number of carbonyl (C=O) groups is 2. The first-order valence-electron chi connectivity index (χ1n) is 6.07. The molecule has 2 unspecified atom stereocenters. The molecule has 0 spiro atoms. The number of carbonyl (C=O) groups excluding carboxylic acids is 2. The number of hydrogen-bond donors (Lipinski definition) is 2. The molecule has 96 valence electrons. The van der Waals surface area contributed by atoms with Crippen molar-refractivity contribution in [2.45, 2.75) is 18.9 Å². The normalized spacial score (nSPS) is 30.0. The number of nitrogens with one attached hydrogen (secondary N) is 1. The van der Waals surface area contributed by atoms with E-state index in [2.05, 4.69) is 5.32 Å². The Kier molecular flexibility index (Phi) is 3.96. The van der Waals surface area contributed by atoms with Crippen LogP contribution in [0.25, 0.3) is 0 Å². The quantitative estimate of drug-likeness (QED) is 0.629. The summed E-state index contributed by atoms with van der Waals surface area (Å²) in [6.45, 7) is 2.92. The van der Waals surface area contributed by atoms with Gasteiger partial charge >= 0.3 is 0 Å². The van der Waals surface area contributed by atoms with Gasteiger partial charge in [0.1, 0.15) is 6.04 Å². The molecule has 2 atom stereocenters. The van der Waals surface area contributed by atoms with Gasteiger partial charge in [-0.1, -0.05) is 0 Å². The van der Waals surface area contributed by atoms with E-state index in [1.807, 2.05) is 0 Å². The van der Waals surface area contributed by atoms with Crippen molar-refractivity contribution >= 4 is 11.8 Å². The number of nitrogens with two attached hydrogens (primary N) is 1. The van der Waals surface area contributed by atoms with Crippen LogP contribution < -0.4 is 11.1 Å². The molecule has 0 saturated carbocycles. The van der Waals surface area contributed by atoms with E-state index in [-0.39, 0.29) is 23.8 Å². The van der Waals surface area contributed by atoms with Gasteiger partial charge in [-0.2, -0.15) is 0 Å². The Labute approximate surface area is 100 Å². The summed E-state index contributed by atoms with van der Waals surface area (Å²) in [5, 5.41) is 3.13. The van der Waals surface area contributed by atoms with Crippen LogP contribution in [0.2, 0.25) is 0 Å². The zero-order valence-corrected chi connectivity index (χ0v) is 9.85. The summed E-state index contributed by atoms with van der Waals surface area (Å²) in [4.78, 5) is 25.0. The van der Waals surface area contributed by atoms with E-state index < -0.39 is 0 Å². The molecule has 2 amide bonds. The zero-order valence-electron chi connectivity index (χ0n) is 9.85. The van der Waals surface area contributed by atoms with E-state index in [0.29, 0.717) is 32.8 Å². The fraction of sp³-hybridized carbons (Fsp3) is 0.818. The highest BCUT2D eigenvalue weighted by Gasteiger charge is 2.31. The number of rotatable bonds is 2. The van der Waals surface area contributed by atoms with Gasteiger partial charge < -0.3 is 20.7 Å². The van der Waals surface area contributed by atoms with E-state index in [9.17, 15) is 9.59 Å². The molecule has 2 saturated heterocycles. The van der Waals surface area contributed by atoms with E-state index >= 15 is 0 Å². The lowest BCUT2D eigenvalue weighted by Crippen LogP contribution is -2.55. The third-order valence-corrected chi connectivity index (χ3v) is 3.36. The molecule has 3 N–H and O–H groups in total. The molecule has 2 aliphatic rings. The van der Waals surface area contributed by atoms with Crippen molar-refractivity contribution in [2.75, 3.05) is 32.8 Å². The first-order chi connectivity index (χ1) is 8.18. The highest BCUT2D eigenvalue weighted by Crippen LogP contribution is 2.17. The molecule has 17 heavy (non-hydrogen) atoms. The number of primary amides is 1. The van der Waals surface area contributed by atoms with Gasteiger partial charge in [0, 0.05) is 19.6 Å². The summed E-state index contributed by atoms with van der Waals surface area (Å²) in [6, 6.07) is -0.268. The zero-order chi connectivity index (χ0) is 12.3. The van der Waals surface area contributed by atoms with Crippen molar-refractivity contribution in [1.82, 2.24) is 10.2 Å². The van der Waals surface area contributed by atoms with Crippen LogP contribution in [0.15, 0.2) is 0 Å². The van der Waals surface area contributed by atoms with Crippen molar-refractivity contribution in [3.8, 4) is 0 Å². The molecular weight excluding hydrogens is 222 g/mol. The predicted octanol–water partition coefficient (Wildman–Crippen LogP) is -1.30. The van der Waals surface area contributed by atoms with Gasteiger partial charge in [-0.25, -0.2) is 0 Å². The number of amides is 2. The van der Waals surface area contributed by atoms with Crippen molar-refractivity contribution in [1.29, 1.82) is 0 Å². The Morgan fingerprint density at radius 2 is 2.24 bits per heavy atom. The molecule has 0 aliphatic carbocycles. The largest absolute Gasteiger partial charge is 0.378 e. The van der Waals surface area contributed by atoms with E-state index in [1.54, 1.807) is 4.90 Å². The van der Waals surface area contributed by atoms with Crippen molar-refractivity contribution < 1.29 is 14.3 Å². The number of likely N-dealkylation sites (tertiary alicyclic amines) is 1. The SMILES string of the molecule is NC(=O)C1CCCN(C(=O)C2COCCN2)C1.